The highest BCUT2D eigenvalue weighted by Crippen LogP contribution is 2.27. The summed E-state index contributed by atoms with van der Waals surface area (Å²) < 4.78 is 23.4. The first-order valence-corrected chi connectivity index (χ1v) is 52.6. The molecule has 0 radical (unpaired) electrons. The Kier molecular flexibility index (Phi) is 81.5. The van der Waals surface area contributed by atoms with E-state index in [0.29, 0.717) is 38.1 Å². The van der Waals surface area contributed by atoms with Crippen molar-refractivity contribution in [3.63, 3.8) is 0 Å². The summed E-state index contributed by atoms with van der Waals surface area (Å²) in [6, 6.07) is 6.02. The molecular formula is C103H199N3O12S. The maximum Gasteiger partial charge on any atom is 0.261 e. The van der Waals surface area contributed by atoms with Gasteiger partial charge >= 0.3 is 0 Å². The van der Waals surface area contributed by atoms with E-state index in [1.165, 1.54) is 372 Å². The molecular weight excluding hydrogens is 1500 g/mol. The van der Waals surface area contributed by atoms with Crippen molar-refractivity contribution >= 4 is 23.1 Å². The fraction of sp³-hybridized carbons (Fsp3) is 0.932. The van der Waals surface area contributed by atoms with Crippen molar-refractivity contribution in [2.24, 2.45) is 0 Å². The van der Waals surface area contributed by atoms with Gasteiger partial charge in [-0.2, -0.15) is 0 Å². The lowest BCUT2D eigenvalue weighted by molar-refractivity contribution is -0.302. The molecule has 16 heteroatoms. The molecule has 0 bridgehead atoms. The minimum absolute atomic E-state index is 0.0299. The molecule has 704 valence electrons. The Labute approximate surface area is 740 Å². The smallest absolute Gasteiger partial charge is 0.261 e. The number of hydrogen-bond acceptors (Lipinski definition) is 15. The van der Waals surface area contributed by atoms with E-state index >= 15 is 0 Å². The fourth-order valence-corrected chi connectivity index (χ4v) is 17.9. The maximum atomic E-state index is 11.7. The average Bonchev–Trinajstić information content (AvgIpc) is 0.813. The molecule has 1 aromatic rings. The van der Waals surface area contributed by atoms with E-state index in [4.69, 9.17) is 31.2 Å². The first kappa shape index (κ1) is 113. The van der Waals surface area contributed by atoms with Crippen LogP contribution in [0.5, 0.6) is 5.75 Å². The van der Waals surface area contributed by atoms with E-state index in [2.05, 4.69) is 36.7 Å². The number of ether oxygens (including phenoxy) is 4. The summed E-state index contributed by atoms with van der Waals surface area (Å²) in [5.74, 6) is 0.722. The van der Waals surface area contributed by atoms with Crippen LogP contribution >= 0.6 is 12.2 Å². The number of aliphatic hydroxyl groups excluding tert-OH is 8. The molecule has 0 aromatic heterocycles. The molecule has 12 atom stereocenters. The number of nitrogens with one attached hydrogen (secondary N) is 3. The van der Waals surface area contributed by atoms with Crippen LogP contribution in [-0.2, 0) is 14.2 Å². The summed E-state index contributed by atoms with van der Waals surface area (Å²) in [5.41, 5.74) is 0.676. The standard InChI is InChI=1S/C103H199N3O12S/c1-5-9-12-15-18-21-24-27-29-31-33-35-37-39-41-43-45-47-51-56-61-66-71-76-85-104-91(87-116-102-101(114)100(113)99(112)95(118-102)88-117-103(119)106-89-81-83-90(84-82-89)115-8-4)97(110)93(108)79-74-69-64-59-55-50-49-54-58-63-68-73-78-92(107)96(98(111)94(109)80-75-70-65-60-53-26-23-20-17-14-11-7-3)105-86-77-72-67-62-57-52-48-46-44-42-40-38-36-34-32-30-28-25-22-19-16-13-10-6-2/h81-84,91-102,104-105,107-114H,5-80,85-88H2,1-4H3,(H,106,119)/t91?,92?,93?,94-,95-,96+,97?,98-,99+,100+,101-,102+/m1/s1. The van der Waals surface area contributed by atoms with Crippen molar-refractivity contribution < 1.29 is 59.8 Å². The number of aliphatic hydroxyl groups is 8. The Hall–Kier alpha value is -1.77. The molecule has 0 saturated carbocycles. The predicted molar refractivity (Wildman–Crippen MR) is 509 cm³/mol. The van der Waals surface area contributed by atoms with Gasteiger partial charge in [-0.1, -0.05) is 470 Å². The second kappa shape index (κ2) is 85.7. The van der Waals surface area contributed by atoms with Crippen LogP contribution < -0.4 is 20.7 Å². The number of benzene rings is 1. The zero-order valence-corrected chi connectivity index (χ0v) is 79.2. The average molecular weight is 1700 g/mol. The molecule has 4 unspecified atom stereocenters. The van der Waals surface area contributed by atoms with E-state index in [9.17, 15) is 40.9 Å². The molecule has 0 amide bonds. The monoisotopic (exact) mass is 1700 g/mol. The zero-order chi connectivity index (χ0) is 86.0. The Balaban J connectivity index is 1.74. The third kappa shape index (κ3) is 67.2. The van der Waals surface area contributed by atoms with Crippen molar-refractivity contribution in [2.75, 3.05) is 38.2 Å². The Morgan fingerprint density at radius 3 is 0.924 bits per heavy atom. The van der Waals surface area contributed by atoms with E-state index in [-0.39, 0.29) is 18.4 Å². The molecule has 1 aliphatic heterocycles. The molecule has 11 N–H and O–H groups in total. The van der Waals surface area contributed by atoms with Crippen LogP contribution in [0.15, 0.2) is 24.3 Å². The molecule has 1 heterocycles. The quantitative estimate of drug-likeness (QED) is 0.0215. The Morgan fingerprint density at radius 2 is 0.613 bits per heavy atom. The van der Waals surface area contributed by atoms with Crippen molar-refractivity contribution in [1.29, 1.82) is 0 Å². The van der Waals surface area contributed by atoms with Crippen LogP contribution in [0.3, 0.4) is 0 Å². The second-order valence-electron chi connectivity index (χ2n) is 37.0. The van der Waals surface area contributed by atoms with E-state index in [1.807, 2.05) is 19.1 Å². The molecule has 1 aromatic carbocycles. The number of rotatable bonds is 93. The zero-order valence-electron chi connectivity index (χ0n) is 78.4. The molecule has 2 rings (SSSR count). The molecule has 119 heavy (non-hydrogen) atoms. The summed E-state index contributed by atoms with van der Waals surface area (Å²) >= 11 is 5.42. The largest absolute Gasteiger partial charge is 0.494 e. The Bertz CT molecular complexity index is 2230. The number of thiocarbonyl (C=S) groups is 1. The van der Waals surface area contributed by atoms with Gasteiger partial charge in [-0.15, -0.1) is 0 Å². The van der Waals surface area contributed by atoms with Crippen molar-refractivity contribution in [1.82, 2.24) is 10.6 Å². The van der Waals surface area contributed by atoms with Crippen LogP contribution in [-0.4, -0.2) is 152 Å². The van der Waals surface area contributed by atoms with Gasteiger partial charge < -0.3 is 75.8 Å². The van der Waals surface area contributed by atoms with Crippen molar-refractivity contribution in [3.8, 4) is 5.75 Å². The fourth-order valence-electron chi connectivity index (χ4n) is 17.7. The van der Waals surface area contributed by atoms with Gasteiger partial charge in [0.05, 0.1) is 55.8 Å². The van der Waals surface area contributed by atoms with Gasteiger partial charge in [0.1, 0.15) is 36.8 Å². The van der Waals surface area contributed by atoms with E-state index in [1.54, 1.807) is 12.1 Å². The molecule has 0 spiro atoms. The van der Waals surface area contributed by atoms with Gasteiger partial charge in [0.2, 0.25) is 0 Å². The number of hydrogen-bond donors (Lipinski definition) is 11. The Morgan fingerprint density at radius 1 is 0.336 bits per heavy atom. The number of anilines is 1. The van der Waals surface area contributed by atoms with Crippen molar-refractivity contribution in [2.45, 2.75) is 583 Å². The van der Waals surface area contributed by atoms with E-state index in [0.717, 1.165) is 102 Å². The van der Waals surface area contributed by atoms with Gasteiger partial charge in [0.25, 0.3) is 5.17 Å². The van der Waals surface area contributed by atoms with Crippen LogP contribution in [0.2, 0.25) is 0 Å². The summed E-state index contributed by atoms with van der Waals surface area (Å²) in [5, 5.41) is 101. The highest BCUT2D eigenvalue weighted by molar-refractivity contribution is 7.80. The van der Waals surface area contributed by atoms with Crippen LogP contribution in [0.1, 0.15) is 509 Å². The molecule has 1 fully saturated rings. The summed E-state index contributed by atoms with van der Waals surface area (Å²) in [4.78, 5) is 0. The normalized spacial score (nSPS) is 17.5. The molecule has 1 saturated heterocycles. The molecule has 1 aliphatic rings. The summed E-state index contributed by atoms with van der Waals surface area (Å²) in [6.07, 6.45) is 82.8. The van der Waals surface area contributed by atoms with Crippen LogP contribution in [0, 0.1) is 0 Å². The third-order valence-corrected chi connectivity index (χ3v) is 26.1. The minimum atomic E-state index is -1.60. The van der Waals surface area contributed by atoms with E-state index < -0.39 is 73.3 Å². The van der Waals surface area contributed by atoms with Gasteiger partial charge in [-0.3, -0.25) is 0 Å². The second-order valence-corrected chi connectivity index (χ2v) is 37.4. The minimum Gasteiger partial charge on any atom is -0.494 e. The third-order valence-electron chi connectivity index (χ3n) is 25.8. The predicted octanol–water partition coefficient (Wildman–Crippen LogP) is 26.7. The van der Waals surface area contributed by atoms with Crippen LogP contribution in [0.4, 0.5) is 5.69 Å². The lowest BCUT2D eigenvalue weighted by Crippen LogP contribution is -2.60. The summed E-state index contributed by atoms with van der Waals surface area (Å²) in [7, 11) is 0. The van der Waals surface area contributed by atoms with Gasteiger partial charge in [0, 0.05) is 5.69 Å². The SMILES string of the molecule is CCCCCCCCCCCCCCCCCCCCCCCCCCNC(CO[C@H]1O[C@H](COC(=S)Nc2ccc(OCC)cc2)[C@H](O)[C@H](O)[C@H]1O)C(O)C(O)CCCCCCCCCCCCCCC(O)[C@H](NCCCCCCCCCCCCCCCCCCCCCCCCCC)[C@H](O)[C@H](O)CCCCCCCCCCCCCC. The molecule has 0 aliphatic carbocycles. The van der Waals surface area contributed by atoms with Gasteiger partial charge in [-0.25, -0.2) is 0 Å². The lowest BCUT2D eigenvalue weighted by atomic mass is 9.93. The highest BCUT2D eigenvalue weighted by atomic mass is 32.1. The first-order valence-electron chi connectivity index (χ1n) is 52.2. The lowest BCUT2D eigenvalue weighted by Gasteiger charge is -2.40. The van der Waals surface area contributed by atoms with Gasteiger partial charge in [-0.05, 0) is 88.6 Å². The number of unbranched alkanes of at least 4 members (excludes halogenated alkanes) is 68. The first-order chi connectivity index (χ1) is 58.4. The van der Waals surface area contributed by atoms with Crippen LogP contribution in [0.25, 0.3) is 0 Å². The van der Waals surface area contributed by atoms with Gasteiger partial charge in [0.15, 0.2) is 6.29 Å². The summed E-state index contributed by atoms with van der Waals surface area (Å²) in [6.45, 7) is 10.3. The highest BCUT2D eigenvalue weighted by Gasteiger charge is 2.45. The van der Waals surface area contributed by atoms with Crippen molar-refractivity contribution in [3.05, 3.63) is 24.3 Å². The topological polar surface area (TPSA) is 235 Å². The molecule has 15 nitrogen and oxygen atoms in total. The maximum absolute atomic E-state index is 11.7.